The van der Waals surface area contributed by atoms with Crippen molar-refractivity contribution in [3.05, 3.63) is 11.8 Å². The van der Waals surface area contributed by atoms with Crippen LogP contribution < -0.4 is 0 Å². The van der Waals surface area contributed by atoms with Gasteiger partial charge in [0.25, 0.3) is 0 Å². The van der Waals surface area contributed by atoms with Crippen LogP contribution in [0.4, 0.5) is 0 Å². The molecule has 0 aromatic rings. The molecule has 4 rings (SSSR count). The minimum Gasteiger partial charge on any atom is -0.512 e. The molecule has 4 fully saturated rings. The van der Waals surface area contributed by atoms with Gasteiger partial charge in [-0.15, -0.1) is 0 Å². The predicted molar refractivity (Wildman–Crippen MR) is 57.0 cm³/mol. The molecule has 78 valence electrons. The highest BCUT2D eigenvalue weighted by atomic mass is 16.3. The molecule has 14 heavy (non-hydrogen) atoms. The molecule has 0 atom stereocenters. The predicted octanol–water partition coefficient (Wildman–Crippen LogP) is 3.66. The summed E-state index contributed by atoms with van der Waals surface area (Å²) in [5.74, 6) is 3.51. The van der Waals surface area contributed by atoms with Crippen LogP contribution in [-0.2, 0) is 0 Å². The molecule has 0 amide bonds. The number of aliphatic hydroxyl groups excluding tert-OH is 1. The van der Waals surface area contributed by atoms with Crippen molar-refractivity contribution in [2.75, 3.05) is 0 Å². The van der Waals surface area contributed by atoms with Crippen LogP contribution in [0.25, 0.3) is 0 Å². The van der Waals surface area contributed by atoms with Crippen molar-refractivity contribution >= 4 is 0 Å². The molecule has 0 aromatic heterocycles. The summed E-state index contributed by atoms with van der Waals surface area (Å²) in [6.45, 7) is 1.98. The molecular weight excluding hydrogens is 172 g/mol. The second-order valence-corrected chi connectivity index (χ2v) is 5.87. The van der Waals surface area contributed by atoms with E-state index in [9.17, 15) is 5.11 Å². The van der Waals surface area contributed by atoms with E-state index in [1.54, 1.807) is 0 Å². The van der Waals surface area contributed by atoms with Crippen LogP contribution >= 0.6 is 0 Å². The fraction of sp³-hybridized carbons (Fsp3) is 0.846. The Kier molecular flexibility index (Phi) is 1.75. The Balaban J connectivity index is 1.94. The fourth-order valence-corrected chi connectivity index (χ4v) is 4.73. The maximum absolute atomic E-state index is 10.1. The van der Waals surface area contributed by atoms with Crippen LogP contribution in [0, 0.1) is 23.2 Å². The Hall–Kier alpha value is -0.460. The van der Waals surface area contributed by atoms with Crippen molar-refractivity contribution in [1.29, 1.82) is 0 Å². The van der Waals surface area contributed by atoms with Gasteiger partial charge in [-0.05, 0) is 69.3 Å². The molecule has 0 heterocycles. The van der Waals surface area contributed by atoms with Gasteiger partial charge in [0.05, 0.1) is 5.76 Å². The summed E-state index contributed by atoms with van der Waals surface area (Å²) in [6.07, 6.45) is 10.1. The Labute approximate surface area is 86.2 Å². The van der Waals surface area contributed by atoms with Gasteiger partial charge < -0.3 is 5.11 Å². The summed E-state index contributed by atoms with van der Waals surface area (Å²) in [6, 6.07) is 0. The van der Waals surface area contributed by atoms with E-state index in [0.29, 0.717) is 5.76 Å². The monoisotopic (exact) mass is 192 g/mol. The number of hydrogen-bond acceptors (Lipinski definition) is 1. The van der Waals surface area contributed by atoms with Gasteiger partial charge in [0.2, 0.25) is 0 Å². The lowest BCUT2D eigenvalue weighted by atomic mass is 9.49. The molecule has 4 aliphatic carbocycles. The van der Waals surface area contributed by atoms with Gasteiger partial charge in [-0.1, -0.05) is 0 Å². The van der Waals surface area contributed by atoms with Crippen molar-refractivity contribution in [2.24, 2.45) is 23.2 Å². The summed E-state index contributed by atoms with van der Waals surface area (Å²) >= 11 is 0. The van der Waals surface area contributed by atoms with E-state index in [-0.39, 0.29) is 5.41 Å². The zero-order valence-electron chi connectivity index (χ0n) is 9.00. The minimum atomic E-state index is 0.226. The van der Waals surface area contributed by atoms with Crippen LogP contribution in [0.1, 0.15) is 45.4 Å². The fourth-order valence-electron chi connectivity index (χ4n) is 4.73. The van der Waals surface area contributed by atoms with Crippen molar-refractivity contribution in [3.63, 3.8) is 0 Å². The summed E-state index contributed by atoms with van der Waals surface area (Å²) in [5.41, 5.74) is 0.226. The molecule has 1 heteroatoms. The van der Waals surface area contributed by atoms with Crippen molar-refractivity contribution in [1.82, 2.24) is 0 Å². The molecule has 4 aliphatic rings. The quantitative estimate of drug-likeness (QED) is 0.628. The van der Waals surface area contributed by atoms with Gasteiger partial charge in [-0.2, -0.15) is 0 Å². The summed E-state index contributed by atoms with van der Waals surface area (Å²) in [4.78, 5) is 0. The number of hydrogen-bond donors (Lipinski definition) is 1. The normalized spacial score (nSPS) is 51.2. The molecule has 4 bridgehead atoms. The van der Waals surface area contributed by atoms with E-state index < -0.39 is 0 Å². The maximum Gasteiger partial charge on any atom is 0.0941 e. The Morgan fingerprint density at radius 2 is 1.50 bits per heavy atom. The van der Waals surface area contributed by atoms with Gasteiger partial charge in [0.1, 0.15) is 0 Å². The molecule has 0 spiro atoms. The lowest BCUT2D eigenvalue weighted by molar-refractivity contribution is -0.0506. The van der Waals surface area contributed by atoms with Crippen LogP contribution in [-0.4, -0.2) is 5.11 Å². The molecule has 0 aromatic carbocycles. The first-order chi connectivity index (χ1) is 6.72. The van der Waals surface area contributed by atoms with Crippen LogP contribution in [0.2, 0.25) is 0 Å². The molecule has 0 radical (unpaired) electrons. The molecule has 0 unspecified atom stereocenters. The molecular formula is C13H20O. The first-order valence-corrected chi connectivity index (χ1v) is 6.07. The zero-order chi connectivity index (χ0) is 9.76. The smallest absolute Gasteiger partial charge is 0.0941 e. The van der Waals surface area contributed by atoms with E-state index in [1.807, 2.05) is 13.0 Å². The number of rotatable bonds is 1. The van der Waals surface area contributed by atoms with Crippen molar-refractivity contribution < 1.29 is 5.11 Å². The van der Waals surface area contributed by atoms with E-state index in [2.05, 4.69) is 0 Å². The standard InChI is InChI=1S/C13H20O/c1-2-12(14)13-6-9-3-10(7-13)5-11(4-9)8-13/h2,9-11,14H,3-8H2,1H3/b12-2-. The topological polar surface area (TPSA) is 20.2 Å². The minimum absolute atomic E-state index is 0.226. The molecule has 1 N–H and O–H groups in total. The first kappa shape index (κ1) is 8.82. The van der Waals surface area contributed by atoms with Crippen LogP contribution in [0.15, 0.2) is 11.8 Å². The Bertz CT molecular complexity index is 242. The average molecular weight is 192 g/mol. The Morgan fingerprint density at radius 1 is 1.07 bits per heavy atom. The summed E-state index contributed by atoms with van der Waals surface area (Å²) in [7, 11) is 0. The molecule has 0 saturated heterocycles. The third-order valence-electron chi connectivity index (χ3n) is 4.86. The van der Waals surface area contributed by atoms with Gasteiger partial charge >= 0.3 is 0 Å². The lowest BCUT2D eigenvalue weighted by Gasteiger charge is -2.56. The van der Waals surface area contributed by atoms with E-state index in [1.165, 1.54) is 38.5 Å². The third kappa shape index (κ3) is 1.07. The van der Waals surface area contributed by atoms with Crippen molar-refractivity contribution in [3.8, 4) is 0 Å². The highest BCUT2D eigenvalue weighted by molar-refractivity contribution is 5.14. The summed E-state index contributed by atoms with van der Waals surface area (Å²) in [5, 5.41) is 10.1. The second kappa shape index (κ2) is 2.77. The second-order valence-electron chi connectivity index (χ2n) is 5.87. The number of aliphatic hydroxyl groups is 1. The lowest BCUT2D eigenvalue weighted by Crippen LogP contribution is -2.46. The van der Waals surface area contributed by atoms with Crippen LogP contribution in [0.5, 0.6) is 0 Å². The molecule has 4 saturated carbocycles. The van der Waals surface area contributed by atoms with Crippen molar-refractivity contribution in [2.45, 2.75) is 45.4 Å². The first-order valence-electron chi connectivity index (χ1n) is 6.07. The molecule has 1 nitrogen and oxygen atoms in total. The Morgan fingerprint density at radius 3 is 1.86 bits per heavy atom. The largest absolute Gasteiger partial charge is 0.512 e. The number of allylic oxidation sites excluding steroid dienone is 2. The van der Waals surface area contributed by atoms with Crippen LogP contribution in [0.3, 0.4) is 0 Å². The third-order valence-corrected chi connectivity index (χ3v) is 4.86. The van der Waals surface area contributed by atoms with Gasteiger partial charge in [0, 0.05) is 5.41 Å². The van der Waals surface area contributed by atoms with Gasteiger partial charge in [-0.25, -0.2) is 0 Å². The SMILES string of the molecule is C/C=C(\O)C12CC3CC(CC(C3)C1)C2. The zero-order valence-corrected chi connectivity index (χ0v) is 9.00. The highest BCUT2D eigenvalue weighted by Gasteiger charge is 2.52. The van der Waals surface area contributed by atoms with Gasteiger partial charge in [0.15, 0.2) is 0 Å². The van der Waals surface area contributed by atoms with E-state index in [4.69, 9.17) is 0 Å². The molecule has 0 aliphatic heterocycles. The highest BCUT2D eigenvalue weighted by Crippen LogP contribution is 2.62. The average Bonchev–Trinajstić information content (AvgIpc) is 2.14. The van der Waals surface area contributed by atoms with E-state index >= 15 is 0 Å². The maximum atomic E-state index is 10.1. The van der Waals surface area contributed by atoms with Gasteiger partial charge in [-0.3, -0.25) is 0 Å². The van der Waals surface area contributed by atoms with E-state index in [0.717, 1.165) is 17.8 Å². The summed E-state index contributed by atoms with van der Waals surface area (Å²) < 4.78 is 0.